The number of hydrogen-bond donors (Lipinski definition) is 1. The first kappa shape index (κ1) is 14.3. The molecule has 2 rings (SSSR count). The van der Waals surface area contributed by atoms with Crippen LogP contribution in [0.15, 0.2) is 27.1 Å². The van der Waals surface area contributed by atoms with Gasteiger partial charge in [-0.2, -0.15) is 0 Å². The molecule has 0 spiro atoms. The van der Waals surface area contributed by atoms with Crippen molar-refractivity contribution in [2.24, 2.45) is 0 Å². The summed E-state index contributed by atoms with van der Waals surface area (Å²) in [5.74, 6) is 0.216. The molecule has 19 heavy (non-hydrogen) atoms. The van der Waals surface area contributed by atoms with Gasteiger partial charge in [-0.05, 0) is 41.1 Å². The number of amides is 3. The summed E-state index contributed by atoms with van der Waals surface area (Å²) in [6, 6.07) is 5.03. The fourth-order valence-electron chi connectivity index (χ4n) is 1.71. The highest BCUT2D eigenvalue weighted by Crippen LogP contribution is 2.29. The smallest absolute Gasteiger partial charge is 0.324 e. The van der Waals surface area contributed by atoms with Crippen LogP contribution in [0, 0.1) is 0 Å². The van der Waals surface area contributed by atoms with Gasteiger partial charge < -0.3 is 10.1 Å². The lowest BCUT2D eigenvalue weighted by Gasteiger charge is -2.19. The molecule has 1 aromatic rings. The van der Waals surface area contributed by atoms with Crippen molar-refractivity contribution >= 4 is 43.8 Å². The molecular formula is C12H12Br2N2O3. The van der Waals surface area contributed by atoms with E-state index in [-0.39, 0.29) is 11.9 Å². The van der Waals surface area contributed by atoms with Crippen LogP contribution in [0.3, 0.4) is 0 Å². The summed E-state index contributed by atoms with van der Waals surface area (Å²) in [6.45, 7) is 2.49. The summed E-state index contributed by atoms with van der Waals surface area (Å²) >= 11 is 6.70. The standard InChI is InChI=1S/C12H12Br2N2O3/c1-7(11(17)16-5-4-15-12(16)18)19-10-3-2-8(13)6-9(10)14/h2-3,6-7H,4-5H2,1H3,(H,15,18)/t7-/m1/s1. The summed E-state index contributed by atoms with van der Waals surface area (Å²) in [7, 11) is 0. The topological polar surface area (TPSA) is 58.6 Å². The number of nitrogens with zero attached hydrogens (tertiary/aromatic N) is 1. The van der Waals surface area contributed by atoms with E-state index < -0.39 is 6.10 Å². The molecule has 1 aliphatic heterocycles. The Labute approximate surface area is 127 Å². The number of hydrogen-bond acceptors (Lipinski definition) is 3. The first-order chi connectivity index (χ1) is 8.99. The maximum atomic E-state index is 12.1. The summed E-state index contributed by atoms with van der Waals surface area (Å²) < 4.78 is 7.23. The van der Waals surface area contributed by atoms with Crippen molar-refractivity contribution in [3.63, 3.8) is 0 Å². The van der Waals surface area contributed by atoms with Crippen LogP contribution in [0.1, 0.15) is 6.92 Å². The van der Waals surface area contributed by atoms with Gasteiger partial charge in [-0.3, -0.25) is 9.69 Å². The normalized spacial score (nSPS) is 16.2. The Balaban J connectivity index is 2.06. The quantitative estimate of drug-likeness (QED) is 0.861. The number of carbonyl (C=O) groups excluding carboxylic acids is 2. The van der Waals surface area contributed by atoms with E-state index in [2.05, 4.69) is 37.2 Å². The zero-order valence-corrected chi connectivity index (χ0v) is 13.3. The average molecular weight is 392 g/mol. The van der Waals surface area contributed by atoms with E-state index in [1.807, 2.05) is 12.1 Å². The number of urea groups is 1. The number of halogens is 2. The molecule has 102 valence electrons. The van der Waals surface area contributed by atoms with Gasteiger partial charge >= 0.3 is 6.03 Å². The van der Waals surface area contributed by atoms with E-state index >= 15 is 0 Å². The third-order valence-corrected chi connectivity index (χ3v) is 3.78. The van der Waals surface area contributed by atoms with Gasteiger partial charge in [0.05, 0.1) is 4.47 Å². The van der Waals surface area contributed by atoms with Crippen molar-refractivity contribution in [3.8, 4) is 5.75 Å². The molecule has 1 heterocycles. The van der Waals surface area contributed by atoms with Crippen LogP contribution in [0.25, 0.3) is 0 Å². The summed E-state index contributed by atoms with van der Waals surface area (Å²) in [5, 5.41) is 2.58. The second-order valence-electron chi connectivity index (χ2n) is 4.06. The van der Waals surface area contributed by atoms with Crippen LogP contribution in [0.4, 0.5) is 4.79 Å². The van der Waals surface area contributed by atoms with Crippen molar-refractivity contribution < 1.29 is 14.3 Å². The molecule has 1 aromatic carbocycles. The minimum atomic E-state index is -0.721. The van der Waals surface area contributed by atoms with Gasteiger partial charge in [0, 0.05) is 17.6 Å². The van der Waals surface area contributed by atoms with E-state index in [0.717, 1.165) is 13.8 Å². The Bertz CT molecular complexity index is 522. The van der Waals surface area contributed by atoms with Crippen molar-refractivity contribution in [2.75, 3.05) is 13.1 Å². The number of benzene rings is 1. The van der Waals surface area contributed by atoms with E-state index in [1.54, 1.807) is 13.0 Å². The minimum absolute atomic E-state index is 0.343. The lowest BCUT2D eigenvalue weighted by molar-refractivity contribution is -0.134. The molecule has 0 unspecified atom stereocenters. The van der Waals surface area contributed by atoms with Crippen molar-refractivity contribution in [2.45, 2.75) is 13.0 Å². The van der Waals surface area contributed by atoms with Crippen LogP contribution < -0.4 is 10.1 Å². The third-order valence-electron chi connectivity index (χ3n) is 2.67. The molecule has 1 atom stereocenters. The van der Waals surface area contributed by atoms with Gasteiger partial charge in [-0.15, -0.1) is 0 Å². The third kappa shape index (κ3) is 3.27. The van der Waals surface area contributed by atoms with E-state index in [1.165, 1.54) is 0 Å². The highest BCUT2D eigenvalue weighted by Gasteiger charge is 2.30. The van der Waals surface area contributed by atoms with E-state index in [0.29, 0.717) is 18.8 Å². The van der Waals surface area contributed by atoms with E-state index in [4.69, 9.17) is 4.74 Å². The summed E-state index contributed by atoms with van der Waals surface area (Å²) in [5.41, 5.74) is 0. The number of rotatable bonds is 3. The van der Waals surface area contributed by atoms with Gasteiger partial charge in [0.25, 0.3) is 5.91 Å². The first-order valence-corrected chi connectivity index (χ1v) is 7.28. The van der Waals surface area contributed by atoms with Gasteiger partial charge in [0.1, 0.15) is 5.75 Å². The Morgan fingerprint density at radius 2 is 2.21 bits per heavy atom. The Hall–Kier alpha value is -1.08. The number of imide groups is 1. The first-order valence-electron chi connectivity index (χ1n) is 5.70. The maximum absolute atomic E-state index is 12.1. The molecule has 1 N–H and O–H groups in total. The molecule has 0 radical (unpaired) electrons. The zero-order chi connectivity index (χ0) is 14.0. The highest BCUT2D eigenvalue weighted by atomic mass is 79.9. The van der Waals surface area contributed by atoms with Crippen LogP contribution in [-0.2, 0) is 4.79 Å². The predicted octanol–water partition coefficient (Wildman–Crippen LogP) is 2.53. The van der Waals surface area contributed by atoms with Crippen molar-refractivity contribution in [1.82, 2.24) is 10.2 Å². The zero-order valence-electron chi connectivity index (χ0n) is 10.2. The van der Waals surface area contributed by atoms with Crippen molar-refractivity contribution in [3.05, 3.63) is 27.1 Å². The number of ether oxygens (including phenoxy) is 1. The number of carbonyl (C=O) groups is 2. The SMILES string of the molecule is C[C@@H](Oc1ccc(Br)cc1Br)C(=O)N1CCNC1=O. The molecule has 1 saturated heterocycles. The second kappa shape index (κ2) is 5.92. The molecule has 0 aliphatic carbocycles. The van der Waals surface area contributed by atoms with E-state index in [9.17, 15) is 9.59 Å². The van der Waals surface area contributed by atoms with Gasteiger partial charge in [-0.1, -0.05) is 15.9 Å². The number of nitrogens with one attached hydrogen (secondary N) is 1. The predicted molar refractivity (Wildman–Crippen MR) is 77.0 cm³/mol. The van der Waals surface area contributed by atoms with Gasteiger partial charge in [0.2, 0.25) is 0 Å². The highest BCUT2D eigenvalue weighted by molar-refractivity contribution is 9.11. The van der Waals surface area contributed by atoms with Gasteiger partial charge in [-0.25, -0.2) is 4.79 Å². The molecule has 0 saturated carbocycles. The molecular weight excluding hydrogens is 380 g/mol. The second-order valence-corrected chi connectivity index (χ2v) is 5.83. The summed E-state index contributed by atoms with van der Waals surface area (Å²) in [4.78, 5) is 24.6. The van der Waals surface area contributed by atoms with Gasteiger partial charge in [0.15, 0.2) is 6.10 Å². The Morgan fingerprint density at radius 1 is 1.47 bits per heavy atom. The molecule has 1 fully saturated rings. The molecule has 0 bridgehead atoms. The fourth-order valence-corrected chi connectivity index (χ4v) is 2.85. The fraction of sp³-hybridized carbons (Fsp3) is 0.333. The minimum Gasteiger partial charge on any atom is -0.480 e. The largest absolute Gasteiger partial charge is 0.480 e. The lowest BCUT2D eigenvalue weighted by atomic mass is 10.3. The lowest BCUT2D eigenvalue weighted by Crippen LogP contribution is -2.42. The van der Waals surface area contributed by atoms with Crippen molar-refractivity contribution in [1.29, 1.82) is 0 Å². The van der Waals surface area contributed by atoms with Crippen LogP contribution >= 0.6 is 31.9 Å². The van der Waals surface area contributed by atoms with Crippen LogP contribution in [-0.4, -0.2) is 36.0 Å². The average Bonchev–Trinajstić information content (AvgIpc) is 2.78. The maximum Gasteiger partial charge on any atom is 0.324 e. The molecule has 3 amide bonds. The molecule has 1 aliphatic rings. The summed E-state index contributed by atoms with van der Waals surface area (Å²) in [6.07, 6.45) is -0.721. The Morgan fingerprint density at radius 3 is 2.79 bits per heavy atom. The molecule has 0 aromatic heterocycles. The van der Waals surface area contributed by atoms with Crippen LogP contribution in [0.2, 0.25) is 0 Å². The molecule has 7 heteroatoms. The van der Waals surface area contributed by atoms with Crippen LogP contribution in [0.5, 0.6) is 5.75 Å². The Kier molecular flexibility index (Phi) is 4.46. The molecule has 5 nitrogen and oxygen atoms in total. The monoisotopic (exact) mass is 390 g/mol.